The van der Waals surface area contributed by atoms with E-state index in [9.17, 15) is 0 Å². The Bertz CT molecular complexity index is 340. The molecule has 2 N–H and O–H groups in total. The lowest BCUT2D eigenvalue weighted by Gasteiger charge is -2.08. The third-order valence-electron chi connectivity index (χ3n) is 1.67. The van der Waals surface area contributed by atoms with E-state index in [2.05, 4.69) is 9.97 Å². The third-order valence-corrected chi connectivity index (χ3v) is 1.87. The molecule has 0 saturated heterocycles. The van der Waals surface area contributed by atoms with Crippen molar-refractivity contribution in [2.45, 2.75) is 20.0 Å². The van der Waals surface area contributed by atoms with Crippen LogP contribution in [0.3, 0.4) is 0 Å². The molecule has 1 aromatic rings. The summed E-state index contributed by atoms with van der Waals surface area (Å²) >= 11 is 4.75. The maximum atomic E-state index is 5.39. The number of hydrogen-bond donors (Lipinski definition) is 1. The standard InChI is InChI=1S/C10H15N3O2S/c1-7(2)14-3-4-15-9-6-12-8(5-13-9)10(11)16/h5-7H,3-4H2,1-2H3,(H2,11,16). The monoisotopic (exact) mass is 241 g/mol. The molecule has 0 aliphatic carbocycles. The van der Waals surface area contributed by atoms with Gasteiger partial charge >= 0.3 is 0 Å². The molecule has 0 spiro atoms. The SMILES string of the molecule is CC(C)OCCOc1cnc(C(N)=S)cn1. The Morgan fingerprint density at radius 3 is 2.62 bits per heavy atom. The first-order valence-corrected chi connectivity index (χ1v) is 5.36. The summed E-state index contributed by atoms with van der Waals surface area (Å²) in [6.45, 7) is 4.91. The van der Waals surface area contributed by atoms with E-state index in [1.54, 1.807) is 0 Å². The summed E-state index contributed by atoms with van der Waals surface area (Å²) < 4.78 is 10.6. The Hall–Kier alpha value is -1.27. The first-order chi connectivity index (χ1) is 7.59. The third kappa shape index (κ3) is 4.50. The summed E-state index contributed by atoms with van der Waals surface area (Å²) in [5.41, 5.74) is 5.87. The Labute approximate surface area is 100.0 Å². The van der Waals surface area contributed by atoms with Crippen molar-refractivity contribution in [2.24, 2.45) is 5.73 Å². The van der Waals surface area contributed by atoms with Gasteiger partial charge in [-0.1, -0.05) is 12.2 Å². The quantitative estimate of drug-likeness (QED) is 0.590. The Balaban J connectivity index is 2.35. The van der Waals surface area contributed by atoms with E-state index in [-0.39, 0.29) is 11.1 Å². The minimum absolute atomic E-state index is 0.201. The van der Waals surface area contributed by atoms with E-state index in [4.69, 9.17) is 27.4 Å². The lowest BCUT2D eigenvalue weighted by atomic mass is 10.4. The number of thiocarbonyl (C=S) groups is 1. The van der Waals surface area contributed by atoms with Crippen molar-refractivity contribution in [1.29, 1.82) is 0 Å². The van der Waals surface area contributed by atoms with Crippen LogP contribution in [0, 0.1) is 0 Å². The zero-order valence-electron chi connectivity index (χ0n) is 9.34. The van der Waals surface area contributed by atoms with Gasteiger partial charge < -0.3 is 15.2 Å². The highest BCUT2D eigenvalue weighted by Gasteiger charge is 2.00. The molecule has 1 heterocycles. The van der Waals surface area contributed by atoms with Crippen molar-refractivity contribution >= 4 is 17.2 Å². The van der Waals surface area contributed by atoms with Crippen molar-refractivity contribution in [3.8, 4) is 5.88 Å². The lowest BCUT2D eigenvalue weighted by molar-refractivity contribution is 0.0541. The molecule has 0 aromatic carbocycles. The highest BCUT2D eigenvalue weighted by Crippen LogP contribution is 2.03. The zero-order chi connectivity index (χ0) is 12.0. The molecular formula is C10H15N3O2S. The summed E-state index contributed by atoms with van der Waals surface area (Å²) in [6.07, 6.45) is 3.18. The van der Waals surface area contributed by atoms with Crippen LogP contribution >= 0.6 is 12.2 Å². The van der Waals surface area contributed by atoms with Gasteiger partial charge in [0.25, 0.3) is 0 Å². The topological polar surface area (TPSA) is 70.3 Å². The van der Waals surface area contributed by atoms with Crippen molar-refractivity contribution < 1.29 is 9.47 Å². The van der Waals surface area contributed by atoms with E-state index in [0.717, 1.165) is 0 Å². The van der Waals surface area contributed by atoms with E-state index >= 15 is 0 Å². The first kappa shape index (κ1) is 12.8. The van der Waals surface area contributed by atoms with Crippen LogP contribution in [0.1, 0.15) is 19.5 Å². The van der Waals surface area contributed by atoms with Gasteiger partial charge in [-0.3, -0.25) is 0 Å². The molecular weight excluding hydrogens is 226 g/mol. The number of nitrogens with zero attached hydrogens (tertiary/aromatic N) is 2. The molecule has 0 unspecified atom stereocenters. The molecule has 0 amide bonds. The van der Waals surface area contributed by atoms with E-state index in [1.165, 1.54) is 12.4 Å². The largest absolute Gasteiger partial charge is 0.474 e. The van der Waals surface area contributed by atoms with Crippen LogP contribution in [0.4, 0.5) is 0 Å². The van der Waals surface area contributed by atoms with Gasteiger partial charge in [-0.2, -0.15) is 0 Å². The number of nitrogens with two attached hydrogens (primary N) is 1. The molecule has 16 heavy (non-hydrogen) atoms. The van der Waals surface area contributed by atoms with Crippen molar-refractivity contribution in [3.63, 3.8) is 0 Å². The average Bonchev–Trinajstić information content (AvgIpc) is 2.25. The second kappa shape index (κ2) is 6.34. The molecule has 0 fully saturated rings. The van der Waals surface area contributed by atoms with Gasteiger partial charge in [-0.15, -0.1) is 0 Å². The predicted octanol–water partition coefficient (Wildman–Crippen LogP) is 0.915. The Kier molecular flexibility index (Phi) is 5.07. The Morgan fingerprint density at radius 1 is 1.38 bits per heavy atom. The summed E-state index contributed by atoms with van der Waals surface area (Å²) in [4.78, 5) is 8.23. The van der Waals surface area contributed by atoms with Crippen LogP contribution in [0.2, 0.25) is 0 Å². The smallest absolute Gasteiger partial charge is 0.232 e. The van der Waals surface area contributed by atoms with Gasteiger partial charge in [0, 0.05) is 0 Å². The van der Waals surface area contributed by atoms with Gasteiger partial charge in [0.15, 0.2) is 0 Å². The molecule has 0 aliphatic rings. The normalized spacial score (nSPS) is 10.4. The Morgan fingerprint density at radius 2 is 2.12 bits per heavy atom. The molecule has 1 rings (SSSR count). The van der Waals surface area contributed by atoms with Gasteiger partial charge in [0.05, 0.1) is 25.1 Å². The summed E-state index contributed by atoms with van der Waals surface area (Å²) in [5.74, 6) is 0.437. The highest BCUT2D eigenvalue weighted by molar-refractivity contribution is 7.80. The number of rotatable bonds is 6. The molecule has 0 radical (unpaired) electrons. The fourth-order valence-electron chi connectivity index (χ4n) is 0.948. The van der Waals surface area contributed by atoms with Gasteiger partial charge in [-0.05, 0) is 13.8 Å². The van der Waals surface area contributed by atoms with Crippen LogP contribution in [-0.2, 0) is 4.74 Å². The van der Waals surface area contributed by atoms with Crippen molar-refractivity contribution in [1.82, 2.24) is 9.97 Å². The summed E-state index contributed by atoms with van der Waals surface area (Å²) in [7, 11) is 0. The number of aromatic nitrogens is 2. The van der Waals surface area contributed by atoms with Gasteiger partial charge in [0.2, 0.25) is 5.88 Å². The van der Waals surface area contributed by atoms with Crippen LogP contribution in [-0.4, -0.2) is 34.3 Å². The van der Waals surface area contributed by atoms with Gasteiger partial charge in [0.1, 0.15) is 17.3 Å². The second-order valence-corrected chi connectivity index (χ2v) is 3.81. The molecule has 1 aromatic heterocycles. The molecule has 0 saturated carbocycles. The highest BCUT2D eigenvalue weighted by atomic mass is 32.1. The van der Waals surface area contributed by atoms with Gasteiger partial charge in [-0.25, -0.2) is 9.97 Å². The number of ether oxygens (including phenoxy) is 2. The fraction of sp³-hybridized carbons (Fsp3) is 0.500. The maximum Gasteiger partial charge on any atom is 0.232 e. The average molecular weight is 241 g/mol. The van der Waals surface area contributed by atoms with E-state index in [0.29, 0.717) is 24.8 Å². The van der Waals surface area contributed by atoms with Crippen LogP contribution in [0.25, 0.3) is 0 Å². The maximum absolute atomic E-state index is 5.39. The molecule has 0 aliphatic heterocycles. The van der Waals surface area contributed by atoms with Crippen LogP contribution < -0.4 is 10.5 Å². The molecule has 0 atom stereocenters. The minimum Gasteiger partial charge on any atom is -0.474 e. The predicted molar refractivity (Wildman–Crippen MR) is 64.5 cm³/mol. The van der Waals surface area contributed by atoms with E-state index in [1.807, 2.05) is 13.8 Å². The zero-order valence-corrected chi connectivity index (χ0v) is 10.2. The molecule has 0 bridgehead atoms. The number of hydrogen-bond acceptors (Lipinski definition) is 5. The summed E-state index contributed by atoms with van der Waals surface area (Å²) in [5, 5.41) is 0. The molecule has 5 nitrogen and oxygen atoms in total. The van der Waals surface area contributed by atoms with Crippen LogP contribution in [0.15, 0.2) is 12.4 Å². The lowest BCUT2D eigenvalue weighted by Crippen LogP contribution is -2.14. The molecule has 6 heteroatoms. The summed E-state index contributed by atoms with van der Waals surface area (Å²) in [6, 6.07) is 0. The second-order valence-electron chi connectivity index (χ2n) is 3.37. The molecule has 88 valence electrons. The first-order valence-electron chi connectivity index (χ1n) is 4.96. The van der Waals surface area contributed by atoms with Crippen LogP contribution in [0.5, 0.6) is 5.88 Å². The minimum atomic E-state index is 0.201. The van der Waals surface area contributed by atoms with Crippen molar-refractivity contribution in [3.05, 3.63) is 18.1 Å². The van der Waals surface area contributed by atoms with E-state index < -0.39 is 0 Å². The fourth-order valence-corrected chi connectivity index (χ4v) is 1.05. The van der Waals surface area contributed by atoms with Crippen molar-refractivity contribution in [2.75, 3.05) is 13.2 Å².